The Balaban J connectivity index is 1.65. The monoisotopic (exact) mass is 317 g/mol. The number of anilines is 1. The average Bonchev–Trinajstić information content (AvgIpc) is 2.48. The molecule has 0 unspecified atom stereocenters. The lowest BCUT2D eigenvalue weighted by Gasteiger charge is -2.42. The van der Waals surface area contributed by atoms with Crippen LogP contribution in [0.2, 0.25) is 0 Å². The van der Waals surface area contributed by atoms with Crippen molar-refractivity contribution in [1.82, 2.24) is 9.88 Å². The van der Waals surface area contributed by atoms with Gasteiger partial charge in [0.15, 0.2) is 0 Å². The quantitative estimate of drug-likeness (QED) is 0.857. The second kappa shape index (κ2) is 6.50. The molecule has 2 aromatic rings. The number of aromatic nitrogens is 1. The van der Waals surface area contributed by atoms with E-state index in [9.17, 15) is 9.18 Å². The minimum Gasteiger partial charge on any atom is -0.480 e. The Labute approximate surface area is 134 Å². The molecule has 3 rings (SSSR count). The highest BCUT2D eigenvalue weighted by Gasteiger charge is 2.33. The third-order valence-electron chi connectivity index (χ3n) is 4.44. The van der Waals surface area contributed by atoms with Crippen LogP contribution in [-0.4, -0.2) is 46.1 Å². The predicted molar refractivity (Wildman–Crippen MR) is 87.0 cm³/mol. The summed E-state index contributed by atoms with van der Waals surface area (Å²) in [6.45, 7) is 2.81. The van der Waals surface area contributed by atoms with Crippen molar-refractivity contribution in [2.45, 2.75) is 31.8 Å². The Morgan fingerprint density at radius 2 is 2.22 bits per heavy atom. The fourth-order valence-corrected chi connectivity index (χ4v) is 3.14. The van der Waals surface area contributed by atoms with E-state index < -0.39 is 5.97 Å². The lowest BCUT2D eigenvalue weighted by molar-refractivity contribution is -0.139. The SMILES string of the molecule is CCN(CC(=O)O)C1CC(Nc2ccnc3cc(F)ccc23)C1. The molecule has 1 heterocycles. The van der Waals surface area contributed by atoms with Gasteiger partial charge in [0.1, 0.15) is 5.82 Å². The van der Waals surface area contributed by atoms with Gasteiger partial charge in [0.25, 0.3) is 0 Å². The maximum absolute atomic E-state index is 13.3. The molecule has 0 aliphatic heterocycles. The summed E-state index contributed by atoms with van der Waals surface area (Å²) in [6, 6.07) is 7.10. The van der Waals surface area contributed by atoms with Crippen LogP contribution >= 0.6 is 0 Å². The highest BCUT2D eigenvalue weighted by atomic mass is 19.1. The Bertz CT molecular complexity index is 716. The van der Waals surface area contributed by atoms with Gasteiger partial charge in [-0.1, -0.05) is 6.92 Å². The van der Waals surface area contributed by atoms with Crippen LogP contribution in [0.25, 0.3) is 10.9 Å². The van der Waals surface area contributed by atoms with Gasteiger partial charge in [0.05, 0.1) is 12.1 Å². The first-order chi connectivity index (χ1) is 11.1. The minimum atomic E-state index is -0.787. The number of nitrogens with zero attached hydrogens (tertiary/aromatic N) is 2. The van der Waals surface area contributed by atoms with Gasteiger partial charge in [-0.05, 0) is 37.6 Å². The molecule has 0 radical (unpaired) electrons. The summed E-state index contributed by atoms with van der Waals surface area (Å²) >= 11 is 0. The van der Waals surface area contributed by atoms with Crippen molar-refractivity contribution in [3.63, 3.8) is 0 Å². The predicted octanol–water partition coefficient (Wildman–Crippen LogP) is 2.72. The van der Waals surface area contributed by atoms with E-state index in [4.69, 9.17) is 5.11 Å². The van der Waals surface area contributed by atoms with Crippen LogP contribution in [0.4, 0.5) is 10.1 Å². The van der Waals surface area contributed by atoms with Gasteiger partial charge >= 0.3 is 5.97 Å². The Kier molecular flexibility index (Phi) is 4.43. The largest absolute Gasteiger partial charge is 0.480 e. The third-order valence-corrected chi connectivity index (χ3v) is 4.44. The summed E-state index contributed by atoms with van der Waals surface area (Å²) in [5, 5.41) is 13.3. The van der Waals surface area contributed by atoms with Crippen molar-refractivity contribution in [3.05, 3.63) is 36.3 Å². The molecule has 23 heavy (non-hydrogen) atoms. The Hall–Kier alpha value is -2.21. The van der Waals surface area contributed by atoms with Crippen molar-refractivity contribution in [1.29, 1.82) is 0 Å². The number of carbonyl (C=O) groups is 1. The molecule has 1 saturated carbocycles. The van der Waals surface area contributed by atoms with Gasteiger partial charge in [-0.3, -0.25) is 14.7 Å². The number of fused-ring (bicyclic) bond motifs is 1. The first-order valence-corrected chi connectivity index (χ1v) is 7.83. The molecular weight excluding hydrogens is 297 g/mol. The molecule has 1 aromatic heterocycles. The molecule has 5 nitrogen and oxygen atoms in total. The van der Waals surface area contributed by atoms with E-state index in [2.05, 4.69) is 10.3 Å². The Morgan fingerprint density at radius 3 is 2.91 bits per heavy atom. The smallest absolute Gasteiger partial charge is 0.317 e. The van der Waals surface area contributed by atoms with Crippen LogP contribution in [0, 0.1) is 5.82 Å². The topological polar surface area (TPSA) is 65.5 Å². The fourth-order valence-electron chi connectivity index (χ4n) is 3.14. The molecule has 0 spiro atoms. The van der Waals surface area contributed by atoms with Gasteiger partial charge in [-0.15, -0.1) is 0 Å². The van der Waals surface area contributed by atoms with E-state index >= 15 is 0 Å². The highest BCUT2D eigenvalue weighted by Crippen LogP contribution is 2.31. The van der Waals surface area contributed by atoms with E-state index in [1.54, 1.807) is 12.3 Å². The number of aliphatic carboxylic acids is 1. The second-order valence-corrected chi connectivity index (χ2v) is 5.94. The van der Waals surface area contributed by atoms with Gasteiger partial charge in [-0.25, -0.2) is 4.39 Å². The van der Waals surface area contributed by atoms with E-state index in [1.165, 1.54) is 12.1 Å². The zero-order valence-electron chi connectivity index (χ0n) is 13.0. The van der Waals surface area contributed by atoms with E-state index in [-0.39, 0.29) is 12.4 Å². The van der Waals surface area contributed by atoms with Crippen LogP contribution < -0.4 is 5.32 Å². The molecule has 0 amide bonds. The van der Waals surface area contributed by atoms with Gasteiger partial charge in [0.2, 0.25) is 0 Å². The second-order valence-electron chi connectivity index (χ2n) is 5.94. The first kappa shape index (κ1) is 15.7. The number of carboxylic acid groups (broad SMARTS) is 1. The van der Waals surface area contributed by atoms with Crippen molar-refractivity contribution in [2.24, 2.45) is 0 Å². The summed E-state index contributed by atoms with van der Waals surface area (Å²) in [6.07, 6.45) is 3.49. The molecular formula is C17H20FN3O2. The first-order valence-electron chi connectivity index (χ1n) is 7.83. The van der Waals surface area contributed by atoms with E-state index in [0.29, 0.717) is 17.6 Å². The average molecular weight is 317 g/mol. The van der Waals surface area contributed by atoms with Crippen LogP contribution in [0.1, 0.15) is 19.8 Å². The summed E-state index contributed by atoms with van der Waals surface area (Å²) < 4.78 is 13.3. The molecule has 122 valence electrons. The van der Waals surface area contributed by atoms with Gasteiger partial charge in [0, 0.05) is 35.4 Å². The third kappa shape index (κ3) is 3.42. The van der Waals surface area contributed by atoms with Crippen molar-refractivity contribution in [2.75, 3.05) is 18.4 Å². The molecule has 1 aromatic carbocycles. The normalized spacial score (nSPS) is 20.5. The zero-order valence-corrected chi connectivity index (χ0v) is 13.0. The zero-order chi connectivity index (χ0) is 16.4. The fraction of sp³-hybridized carbons (Fsp3) is 0.412. The Morgan fingerprint density at radius 1 is 1.43 bits per heavy atom. The number of nitrogens with one attached hydrogen (secondary N) is 1. The van der Waals surface area contributed by atoms with Gasteiger partial charge < -0.3 is 10.4 Å². The number of hydrogen-bond acceptors (Lipinski definition) is 4. The van der Waals surface area contributed by atoms with Crippen molar-refractivity contribution in [3.8, 4) is 0 Å². The number of carboxylic acids is 1. The van der Waals surface area contributed by atoms with Crippen LogP contribution in [0.15, 0.2) is 30.5 Å². The molecule has 6 heteroatoms. The molecule has 0 atom stereocenters. The van der Waals surface area contributed by atoms with Crippen LogP contribution in [0.5, 0.6) is 0 Å². The lowest BCUT2D eigenvalue weighted by atomic mass is 9.85. The molecule has 0 bridgehead atoms. The minimum absolute atomic E-state index is 0.0886. The number of halogens is 1. The van der Waals surface area contributed by atoms with Crippen LogP contribution in [0.3, 0.4) is 0 Å². The number of hydrogen-bond donors (Lipinski definition) is 2. The number of benzene rings is 1. The van der Waals surface area contributed by atoms with Crippen LogP contribution in [-0.2, 0) is 4.79 Å². The highest BCUT2D eigenvalue weighted by molar-refractivity contribution is 5.91. The number of rotatable bonds is 6. The molecule has 0 saturated heterocycles. The van der Waals surface area contributed by atoms with Crippen molar-refractivity contribution < 1.29 is 14.3 Å². The summed E-state index contributed by atoms with van der Waals surface area (Å²) in [5.41, 5.74) is 1.58. The molecule has 1 fully saturated rings. The van der Waals surface area contributed by atoms with Crippen molar-refractivity contribution >= 4 is 22.6 Å². The molecule has 2 N–H and O–H groups in total. The standard InChI is InChI=1S/C17H20FN3O2/c1-2-21(10-17(22)23)13-8-12(9-13)20-15-5-6-19-16-7-11(18)3-4-14(15)16/h3-7,12-13H,2,8-10H2,1H3,(H,19,20)(H,22,23). The molecule has 1 aliphatic carbocycles. The van der Waals surface area contributed by atoms with E-state index in [1.807, 2.05) is 17.9 Å². The number of pyridine rings is 1. The van der Waals surface area contributed by atoms with E-state index in [0.717, 1.165) is 30.5 Å². The van der Waals surface area contributed by atoms with Gasteiger partial charge in [-0.2, -0.15) is 0 Å². The molecule has 1 aliphatic rings. The summed E-state index contributed by atoms with van der Waals surface area (Å²) in [4.78, 5) is 17.0. The maximum atomic E-state index is 13.3. The number of likely N-dealkylation sites (N-methyl/N-ethyl adjacent to an activating group) is 1. The summed E-state index contributed by atoms with van der Waals surface area (Å²) in [7, 11) is 0. The lowest BCUT2D eigenvalue weighted by Crippen LogP contribution is -2.51. The summed E-state index contributed by atoms with van der Waals surface area (Å²) in [5.74, 6) is -1.08. The maximum Gasteiger partial charge on any atom is 0.317 e.